The Labute approximate surface area is 201 Å². The lowest BCUT2D eigenvalue weighted by molar-refractivity contribution is 0.0846. The summed E-state index contributed by atoms with van der Waals surface area (Å²) in [6.07, 6.45) is 0. The molecule has 2 amide bonds. The van der Waals surface area contributed by atoms with Crippen molar-refractivity contribution in [3.05, 3.63) is 86.2 Å². The van der Waals surface area contributed by atoms with Gasteiger partial charge in [0.15, 0.2) is 5.69 Å². The fraction of sp³-hybridized carbons (Fsp3) is 0.0870. The number of carbonyl (C=O) groups is 2. The van der Waals surface area contributed by atoms with Gasteiger partial charge in [-0.1, -0.05) is 41.9 Å². The number of rotatable bonds is 3. The van der Waals surface area contributed by atoms with Crippen molar-refractivity contribution in [2.75, 3.05) is 0 Å². The molecule has 170 valence electrons. The maximum atomic E-state index is 12.8. The van der Waals surface area contributed by atoms with Crippen LogP contribution in [0.1, 0.15) is 25.9 Å². The van der Waals surface area contributed by atoms with E-state index < -0.39 is 11.8 Å². The summed E-state index contributed by atoms with van der Waals surface area (Å²) in [6.45, 7) is 1.85. The van der Waals surface area contributed by atoms with Crippen LogP contribution in [0.4, 0.5) is 0 Å². The molecular weight excluding hydrogens is 476 g/mol. The fourth-order valence-corrected chi connectivity index (χ4v) is 4.93. The second-order valence-corrected chi connectivity index (χ2v) is 8.95. The zero-order chi connectivity index (χ0) is 24.0. The van der Waals surface area contributed by atoms with Crippen LogP contribution in [0, 0.1) is 6.92 Å². The Balaban J connectivity index is 1.41. The van der Waals surface area contributed by atoms with Gasteiger partial charge in [0.25, 0.3) is 17.4 Å². The van der Waals surface area contributed by atoms with Crippen LogP contribution in [0.3, 0.4) is 0 Å². The maximum absolute atomic E-state index is 12.8. The highest BCUT2D eigenvalue weighted by molar-refractivity contribution is 7.20. The number of aromatic nitrogens is 4. The molecule has 9 nitrogen and oxygen atoms in total. The second kappa shape index (κ2) is 8.40. The Bertz CT molecular complexity index is 1670. The molecule has 2 N–H and O–H groups in total. The molecule has 0 unspecified atom stereocenters. The smallest absolute Gasteiger partial charge is 0.267 e. The highest BCUT2D eigenvalue weighted by Crippen LogP contribution is 2.32. The van der Waals surface area contributed by atoms with Gasteiger partial charge >= 0.3 is 0 Å². The number of fused-ring (bicyclic) bond motifs is 2. The number of halogens is 1. The van der Waals surface area contributed by atoms with Crippen molar-refractivity contribution in [3.63, 3.8) is 0 Å². The minimum absolute atomic E-state index is 0.0274. The summed E-state index contributed by atoms with van der Waals surface area (Å²) in [5.41, 5.74) is 5.98. The first-order valence-electron chi connectivity index (χ1n) is 10.2. The molecule has 3 heterocycles. The quantitative estimate of drug-likeness (QED) is 0.375. The van der Waals surface area contributed by atoms with Crippen LogP contribution in [0.5, 0.6) is 0 Å². The van der Waals surface area contributed by atoms with Crippen LogP contribution in [0.15, 0.2) is 59.4 Å². The molecule has 2 aromatic carbocycles. The normalized spacial score (nSPS) is 11.1. The van der Waals surface area contributed by atoms with E-state index in [4.69, 9.17) is 11.6 Å². The van der Waals surface area contributed by atoms with E-state index in [2.05, 4.69) is 21.0 Å². The van der Waals surface area contributed by atoms with Gasteiger partial charge in [-0.05, 0) is 31.2 Å². The van der Waals surface area contributed by atoms with Gasteiger partial charge in [0.1, 0.15) is 4.83 Å². The maximum Gasteiger partial charge on any atom is 0.290 e. The third kappa shape index (κ3) is 3.62. The van der Waals surface area contributed by atoms with Crippen molar-refractivity contribution in [1.29, 1.82) is 0 Å². The Hall–Kier alpha value is -4.02. The summed E-state index contributed by atoms with van der Waals surface area (Å²) < 4.78 is 2.79. The van der Waals surface area contributed by atoms with Gasteiger partial charge in [-0.15, -0.1) is 11.3 Å². The number of nitrogens with zero attached hydrogens (tertiary/aromatic N) is 4. The van der Waals surface area contributed by atoms with E-state index in [1.54, 1.807) is 41.1 Å². The summed E-state index contributed by atoms with van der Waals surface area (Å²) >= 11 is 7.56. The molecule has 0 aliphatic heterocycles. The van der Waals surface area contributed by atoms with E-state index >= 15 is 0 Å². The number of para-hydroxylation sites is 1. The van der Waals surface area contributed by atoms with Crippen molar-refractivity contribution >= 4 is 55.7 Å². The van der Waals surface area contributed by atoms with E-state index in [9.17, 15) is 14.4 Å². The summed E-state index contributed by atoms with van der Waals surface area (Å²) in [6, 6.07) is 15.7. The van der Waals surface area contributed by atoms with Crippen molar-refractivity contribution in [2.24, 2.45) is 7.05 Å². The summed E-state index contributed by atoms with van der Waals surface area (Å²) in [7, 11) is 1.46. The van der Waals surface area contributed by atoms with Crippen LogP contribution >= 0.6 is 22.9 Å². The molecule has 34 heavy (non-hydrogen) atoms. The highest BCUT2D eigenvalue weighted by Gasteiger charge is 2.20. The number of thiophene rings is 1. The minimum Gasteiger partial charge on any atom is -0.267 e. The predicted molar refractivity (Wildman–Crippen MR) is 131 cm³/mol. The zero-order valence-corrected chi connectivity index (χ0v) is 19.6. The van der Waals surface area contributed by atoms with E-state index in [-0.39, 0.29) is 11.3 Å². The van der Waals surface area contributed by atoms with Gasteiger partial charge in [-0.25, -0.2) is 9.36 Å². The molecule has 11 heteroatoms. The number of carbonyl (C=O) groups excluding carboxylic acids is 2. The first kappa shape index (κ1) is 21.8. The number of amides is 2. The molecule has 0 spiro atoms. The van der Waals surface area contributed by atoms with Gasteiger partial charge < -0.3 is 0 Å². The zero-order valence-electron chi connectivity index (χ0n) is 18.0. The van der Waals surface area contributed by atoms with E-state index in [1.165, 1.54) is 18.4 Å². The van der Waals surface area contributed by atoms with Crippen molar-refractivity contribution < 1.29 is 9.59 Å². The van der Waals surface area contributed by atoms with Crippen molar-refractivity contribution in [3.8, 4) is 5.69 Å². The number of aryl methyl sites for hydroxylation is 2. The Morgan fingerprint density at radius 3 is 2.38 bits per heavy atom. The SMILES string of the molecule is Cc1nn(-c2ccccc2Cl)c2sc(C(=O)NNC(=O)c3nn(C)c(=O)c4ccccc34)cc12. The molecular formula is C23H17ClN6O3S. The Kier molecular flexibility index (Phi) is 5.39. The first-order valence-corrected chi connectivity index (χ1v) is 11.4. The van der Waals surface area contributed by atoms with Crippen LogP contribution in [0.25, 0.3) is 26.7 Å². The van der Waals surface area contributed by atoms with Crippen molar-refractivity contribution in [2.45, 2.75) is 6.92 Å². The molecule has 0 bridgehead atoms. The van der Waals surface area contributed by atoms with E-state index in [0.29, 0.717) is 26.4 Å². The molecule has 0 radical (unpaired) electrons. The van der Waals surface area contributed by atoms with E-state index in [0.717, 1.165) is 20.6 Å². The standard InChI is InChI=1S/C23H17ClN6O3S/c1-12-15-11-18(34-23(15)30(27-12)17-10-6-5-9-16(17)24)20(31)25-26-21(32)19-13-7-3-4-8-14(13)22(33)29(2)28-19/h3-11H,1-2H3,(H,25,31)(H,26,32). The highest BCUT2D eigenvalue weighted by atomic mass is 35.5. The second-order valence-electron chi connectivity index (χ2n) is 7.51. The molecule has 3 aromatic heterocycles. The number of benzene rings is 2. The van der Waals surface area contributed by atoms with Gasteiger partial charge in [0.05, 0.1) is 26.7 Å². The fourth-order valence-electron chi connectivity index (χ4n) is 3.65. The molecule has 0 aliphatic carbocycles. The number of hydrogen-bond acceptors (Lipinski definition) is 6. The lowest BCUT2D eigenvalue weighted by atomic mass is 10.1. The minimum atomic E-state index is -0.639. The molecule has 0 saturated carbocycles. The van der Waals surface area contributed by atoms with Crippen LogP contribution in [0.2, 0.25) is 5.02 Å². The first-order chi connectivity index (χ1) is 16.3. The number of hydrazine groups is 1. The van der Waals surface area contributed by atoms with E-state index in [1.807, 2.05) is 25.1 Å². The van der Waals surface area contributed by atoms with Gasteiger partial charge in [-0.2, -0.15) is 10.2 Å². The summed E-state index contributed by atoms with van der Waals surface area (Å²) in [5.74, 6) is -1.13. The topological polar surface area (TPSA) is 111 Å². The lowest BCUT2D eigenvalue weighted by Gasteiger charge is -2.09. The monoisotopic (exact) mass is 492 g/mol. The molecule has 0 aliphatic rings. The van der Waals surface area contributed by atoms with Crippen LogP contribution in [-0.2, 0) is 7.05 Å². The molecule has 5 rings (SSSR count). The predicted octanol–water partition coefficient (Wildman–Crippen LogP) is 3.37. The molecule has 5 aromatic rings. The molecule has 0 fully saturated rings. The third-order valence-corrected chi connectivity index (χ3v) is 6.74. The van der Waals surface area contributed by atoms with Crippen molar-refractivity contribution in [1.82, 2.24) is 30.4 Å². The number of hydrogen-bond donors (Lipinski definition) is 2. The third-order valence-electron chi connectivity index (χ3n) is 5.31. The largest absolute Gasteiger partial charge is 0.290 e. The Morgan fingerprint density at radius 2 is 1.62 bits per heavy atom. The Morgan fingerprint density at radius 1 is 0.941 bits per heavy atom. The average Bonchev–Trinajstić information content (AvgIpc) is 3.41. The van der Waals surface area contributed by atoms with Gasteiger partial charge in [-0.3, -0.25) is 25.2 Å². The number of nitrogens with one attached hydrogen (secondary N) is 2. The summed E-state index contributed by atoms with van der Waals surface area (Å²) in [5, 5.41) is 10.7. The molecule has 0 saturated heterocycles. The molecule has 0 atom stereocenters. The van der Waals surface area contributed by atoms with Crippen LogP contribution < -0.4 is 16.4 Å². The lowest BCUT2D eigenvalue weighted by Crippen LogP contribution is -2.42. The van der Waals surface area contributed by atoms with Gasteiger partial charge in [0, 0.05) is 17.8 Å². The average molecular weight is 493 g/mol. The van der Waals surface area contributed by atoms with Gasteiger partial charge in [0.2, 0.25) is 0 Å². The van der Waals surface area contributed by atoms with Crippen LogP contribution in [-0.4, -0.2) is 31.4 Å². The summed E-state index contributed by atoms with van der Waals surface area (Å²) in [4.78, 5) is 39.0.